The second-order valence-electron chi connectivity index (χ2n) is 6.08. The summed E-state index contributed by atoms with van der Waals surface area (Å²) >= 11 is 1.85. The summed E-state index contributed by atoms with van der Waals surface area (Å²) < 4.78 is 6.01. The molecule has 0 saturated heterocycles. The van der Waals surface area contributed by atoms with Gasteiger partial charge in [0.25, 0.3) is 5.91 Å². The SMILES string of the molecule is CCC(Oc1cccc(C)c1)C(=O)NCCSC(C)(C)C. The summed E-state index contributed by atoms with van der Waals surface area (Å²) in [6, 6.07) is 7.79. The molecule has 1 aromatic rings. The first-order valence-electron chi connectivity index (χ1n) is 7.47. The average Bonchev–Trinajstić information content (AvgIpc) is 2.39. The van der Waals surface area contributed by atoms with Gasteiger partial charge in [0.05, 0.1) is 0 Å². The van der Waals surface area contributed by atoms with Crippen LogP contribution in [-0.2, 0) is 4.79 Å². The molecule has 0 fully saturated rings. The van der Waals surface area contributed by atoms with Gasteiger partial charge >= 0.3 is 0 Å². The van der Waals surface area contributed by atoms with E-state index in [0.717, 1.165) is 17.1 Å². The van der Waals surface area contributed by atoms with E-state index < -0.39 is 6.10 Å². The Labute approximate surface area is 132 Å². The predicted octanol–water partition coefficient (Wildman–Crippen LogP) is 3.80. The van der Waals surface area contributed by atoms with Gasteiger partial charge in [0.15, 0.2) is 6.10 Å². The van der Waals surface area contributed by atoms with Crippen LogP contribution in [0.3, 0.4) is 0 Å². The van der Waals surface area contributed by atoms with Crippen molar-refractivity contribution >= 4 is 17.7 Å². The lowest BCUT2D eigenvalue weighted by atomic mass is 10.2. The maximum absolute atomic E-state index is 12.1. The molecule has 0 spiro atoms. The van der Waals surface area contributed by atoms with Gasteiger partial charge in [0.1, 0.15) is 5.75 Å². The standard InChI is InChI=1S/C17H27NO2S/c1-6-15(20-14-9-7-8-13(2)12-14)16(19)18-10-11-21-17(3,4)5/h7-9,12,15H,6,10-11H2,1-5H3,(H,18,19). The van der Waals surface area contributed by atoms with Crippen molar-refractivity contribution in [3.05, 3.63) is 29.8 Å². The lowest BCUT2D eigenvalue weighted by Crippen LogP contribution is -2.39. The molecule has 0 aromatic heterocycles. The molecule has 118 valence electrons. The first-order valence-corrected chi connectivity index (χ1v) is 8.45. The summed E-state index contributed by atoms with van der Waals surface area (Å²) in [5.74, 6) is 1.63. The molecule has 1 aromatic carbocycles. The van der Waals surface area contributed by atoms with Crippen LogP contribution < -0.4 is 10.1 Å². The van der Waals surface area contributed by atoms with E-state index in [1.165, 1.54) is 0 Å². The Hall–Kier alpha value is -1.16. The Bertz CT molecular complexity index is 454. The molecule has 21 heavy (non-hydrogen) atoms. The van der Waals surface area contributed by atoms with Crippen molar-refractivity contribution < 1.29 is 9.53 Å². The molecular formula is C17H27NO2S. The fourth-order valence-electron chi connectivity index (χ4n) is 1.82. The van der Waals surface area contributed by atoms with Crippen LogP contribution >= 0.6 is 11.8 Å². The molecule has 3 nitrogen and oxygen atoms in total. The van der Waals surface area contributed by atoms with E-state index in [-0.39, 0.29) is 10.7 Å². The van der Waals surface area contributed by atoms with Crippen LogP contribution in [0.15, 0.2) is 24.3 Å². The third-order valence-corrected chi connectivity index (χ3v) is 4.14. The van der Waals surface area contributed by atoms with Crippen molar-refractivity contribution in [3.63, 3.8) is 0 Å². The highest BCUT2D eigenvalue weighted by molar-refractivity contribution is 8.00. The van der Waals surface area contributed by atoms with E-state index >= 15 is 0 Å². The van der Waals surface area contributed by atoms with Crippen LogP contribution in [0.4, 0.5) is 0 Å². The van der Waals surface area contributed by atoms with Crippen LogP contribution in [0.25, 0.3) is 0 Å². The Kier molecular flexibility index (Phi) is 7.09. The smallest absolute Gasteiger partial charge is 0.261 e. The van der Waals surface area contributed by atoms with Crippen LogP contribution in [-0.4, -0.2) is 29.1 Å². The molecule has 0 bridgehead atoms. The summed E-state index contributed by atoms with van der Waals surface area (Å²) in [6.07, 6.45) is 0.234. The molecule has 0 aliphatic carbocycles. The van der Waals surface area contributed by atoms with Gasteiger partial charge in [0, 0.05) is 17.0 Å². The highest BCUT2D eigenvalue weighted by Gasteiger charge is 2.18. The van der Waals surface area contributed by atoms with Crippen molar-refractivity contribution in [3.8, 4) is 5.75 Å². The second-order valence-corrected chi connectivity index (χ2v) is 8.00. The molecule has 1 N–H and O–H groups in total. The highest BCUT2D eigenvalue weighted by atomic mass is 32.2. The summed E-state index contributed by atoms with van der Waals surface area (Å²) in [4.78, 5) is 12.1. The second kappa shape index (κ2) is 8.32. The number of hydrogen-bond acceptors (Lipinski definition) is 3. The summed E-state index contributed by atoms with van der Waals surface area (Å²) in [5.41, 5.74) is 1.13. The van der Waals surface area contributed by atoms with Crippen LogP contribution in [0.1, 0.15) is 39.7 Å². The van der Waals surface area contributed by atoms with Crippen LogP contribution in [0.2, 0.25) is 0 Å². The number of hydrogen-bond donors (Lipinski definition) is 1. The van der Waals surface area contributed by atoms with E-state index in [9.17, 15) is 4.79 Å². The summed E-state index contributed by atoms with van der Waals surface area (Å²) in [7, 11) is 0. The van der Waals surface area contributed by atoms with Gasteiger partial charge in [0.2, 0.25) is 0 Å². The number of ether oxygens (including phenoxy) is 1. The number of amides is 1. The number of nitrogens with one attached hydrogen (secondary N) is 1. The van der Waals surface area contributed by atoms with Gasteiger partial charge in [-0.2, -0.15) is 11.8 Å². The van der Waals surface area contributed by atoms with Gasteiger partial charge in [-0.1, -0.05) is 39.8 Å². The minimum Gasteiger partial charge on any atom is -0.481 e. The average molecular weight is 309 g/mol. The lowest BCUT2D eigenvalue weighted by Gasteiger charge is -2.19. The summed E-state index contributed by atoms with van der Waals surface area (Å²) in [5, 5.41) is 2.96. The fourth-order valence-corrected chi connectivity index (χ4v) is 2.64. The molecule has 0 aliphatic heterocycles. The number of benzene rings is 1. The third-order valence-electron chi connectivity index (χ3n) is 2.87. The van der Waals surface area contributed by atoms with Crippen LogP contribution in [0, 0.1) is 6.92 Å². The minimum absolute atomic E-state index is 0.0338. The Morgan fingerprint density at radius 1 is 1.38 bits per heavy atom. The molecule has 1 unspecified atom stereocenters. The monoisotopic (exact) mass is 309 g/mol. The van der Waals surface area contributed by atoms with Crippen LogP contribution in [0.5, 0.6) is 5.75 Å². The molecule has 1 amide bonds. The van der Waals surface area contributed by atoms with E-state index in [1.807, 2.05) is 49.9 Å². The largest absolute Gasteiger partial charge is 0.481 e. The van der Waals surface area contributed by atoms with Crippen molar-refractivity contribution in [2.24, 2.45) is 0 Å². The van der Waals surface area contributed by atoms with E-state index in [4.69, 9.17) is 4.74 Å². The zero-order valence-corrected chi connectivity index (χ0v) is 14.5. The fraction of sp³-hybridized carbons (Fsp3) is 0.588. The first-order chi connectivity index (χ1) is 9.81. The van der Waals surface area contributed by atoms with Crippen molar-refractivity contribution in [1.29, 1.82) is 0 Å². The zero-order chi connectivity index (χ0) is 15.9. The Morgan fingerprint density at radius 3 is 2.67 bits per heavy atom. The quantitative estimate of drug-likeness (QED) is 0.779. The topological polar surface area (TPSA) is 38.3 Å². The maximum atomic E-state index is 12.1. The van der Waals surface area contributed by atoms with Crippen molar-refractivity contribution in [2.45, 2.75) is 51.9 Å². The Balaban J connectivity index is 2.43. The van der Waals surface area contributed by atoms with Crippen molar-refractivity contribution in [2.75, 3.05) is 12.3 Å². The number of aryl methyl sites for hydroxylation is 1. The van der Waals surface area contributed by atoms with E-state index in [2.05, 4.69) is 26.1 Å². The number of rotatable bonds is 7. The minimum atomic E-state index is -0.425. The molecule has 0 radical (unpaired) electrons. The van der Waals surface area contributed by atoms with E-state index in [1.54, 1.807) is 0 Å². The summed E-state index contributed by atoms with van der Waals surface area (Å²) in [6.45, 7) is 11.2. The third kappa shape index (κ3) is 7.42. The predicted molar refractivity (Wildman–Crippen MR) is 91.1 cm³/mol. The number of carbonyl (C=O) groups is 1. The van der Waals surface area contributed by atoms with Gasteiger partial charge in [-0.3, -0.25) is 4.79 Å². The lowest BCUT2D eigenvalue weighted by molar-refractivity contribution is -0.127. The zero-order valence-electron chi connectivity index (χ0n) is 13.7. The molecule has 0 heterocycles. The normalized spacial score (nSPS) is 12.8. The van der Waals surface area contributed by atoms with Gasteiger partial charge < -0.3 is 10.1 Å². The van der Waals surface area contributed by atoms with Gasteiger partial charge in [-0.15, -0.1) is 0 Å². The first kappa shape index (κ1) is 17.9. The molecule has 1 rings (SSSR count). The van der Waals surface area contributed by atoms with Gasteiger partial charge in [-0.05, 0) is 31.0 Å². The Morgan fingerprint density at radius 2 is 2.10 bits per heavy atom. The number of carbonyl (C=O) groups excluding carboxylic acids is 1. The molecular weight excluding hydrogens is 282 g/mol. The highest BCUT2D eigenvalue weighted by Crippen LogP contribution is 2.22. The maximum Gasteiger partial charge on any atom is 0.261 e. The molecule has 0 saturated carbocycles. The number of thioether (sulfide) groups is 1. The van der Waals surface area contributed by atoms with E-state index in [0.29, 0.717) is 13.0 Å². The van der Waals surface area contributed by atoms with Gasteiger partial charge in [-0.25, -0.2) is 0 Å². The molecule has 0 aliphatic rings. The van der Waals surface area contributed by atoms with Crippen molar-refractivity contribution in [1.82, 2.24) is 5.32 Å². The molecule has 4 heteroatoms. The molecule has 1 atom stereocenters.